The van der Waals surface area contributed by atoms with Crippen LogP contribution in [0.3, 0.4) is 0 Å². The minimum absolute atomic E-state index is 0.655. The highest BCUT2D eigenvalue weighted by molar-refractivity contribution is 5.57. The lowest BCUT2D eigenvalue weighted by atomic mass is 10.1. The van der Waals surface area contributed by atoms with Crippen molar-refractivity contribution in [3.63, 3.8) is 0 Å². The van der Waals surface area contributed by atoms with E-state index in [1.54, 1.807) is 0 Å². The van der Waals surface area contributed by atoms with Gasteiger partial charge in [0.1, 0.15) is 11.6 Å². The number of aryl methyl sites for hydroxylation is 1. The molecule has 1 rings (SSSR count). The Morgan fingerprint density at radius 3 is 2.44 bits per heavy atom. The van der Waals surface area contributed by atoms with Crippen molar-refractivity contribution in [2.24, 2.45) is 0 Å². The van der Waals surface area contributed by atoms with Crippen molar-refractivity contribution in [1.29, 1.82) is 5.26 Å². The lowest BCUT2D eigenvalue weighted by Gasteiger charge is -2.22. The summed E-state index contributed by atoms with van der Waals surface area (Å²) in [6, 6.07) is 2.23. The molecule has 0 saturated carbocycles. The molecule has 0 fully saturated rings. The summed E-state index contributed by atoms with van der Waals surface area (Å²) in [5.41, 5.74) is 2.41. The van der Waals surface area contributed by atoms with Gasteiger partial charge >= 0.3 is 0 Å². The molecule has 0 aromatic carbocycles. The average Bonchev–Trinajstić information content (AvgIpc) is 2.29. The van der Waals surface area contributed by atoms with Crippen LogP contribution in [-0.2, 0) is 0 Å². The second-order valence-electron chi connectivity index (χ2n) is 3.80. The van der Waals surface area contributed by atoms with Gasteiger partial charge < -0.3 is 4.90 Å². The summed E-state index contributed by atoms with van der Waals surface area (Å²) in [7, 11) is 0. The van der Waals surface area contributed by atoms with E-state index in [1.165, 1.54) is 0 Å². The fourth-order valence-electron chi connectivity index (χ4n) is 1.63. The summed E-state index contributed by atoms with van der Waals surface area (Å²) in [5, 5.41) is 17.4. The predicted molar refractivity (Wildman–Crippen MR) is 64.4 cm³/mol. The second-order valence-corrected chi connectivity index (χ2v) is 3.80. The van der Waals surface area contributed by atoms with E-state index in [9.17, 15) is 5.26 Å². The van der Waals surface area contributed by atoms with Crippen LogP contribution < -0.4 is 4.90 Å². The second kappa shape index (κ2) is 5.45. The molecule has 0 spiro atoms. The third-order valence-corrected chi connectivity index (χ3v) is 2.72. The molecule has 0 saturated heterocycles. The van der Waals surface area contributed by atoms with Crippen LogP contribution in [0, 0.1) is 25.2 Å². The number of rotatable bonds is 4. The Labute approximate surface area is 96.9 Å². The van der Waals surface area contributed by atoms with Crippen LogP contribution in [0.15, 0.2) is 0 Å². The number of anilines is 1. The van der Waals surface area contributed by atoms with Crippen molar-refractivity contribution < 1.29 is 0 Å². The minimum Gasteiger partial charge on any atom is -0.354 e. The molecule has 16 heavy (non-hydrogen) atoms. The molecule has 4 heteroatoms. The lowest BCUT2D eigenvalue weighted by molar-refractivity contribution is 0.760. The third kappa shape index (κ3) is 2.30. The van der Waals surface area contributed by atoms with Crippen molar-refractivity contribution in [1.82, 2.24) is 10.2 Å². The smallest absolute Gasteiger partial charge is 0.169 e. The van der Waals surface area contributed by atoms with Crippen molar-refractivity contribution in [3.8, 4) is 6.07 Å². The number of nitriles is 1. The Balaban J connectivity index is 3.23. The number of hydrogen-bond acceptors (Lipinski definition) is 4. The van der Waals surface area contributed by atoms with Crippen molar-refractivity contribution in [2.75, 3.05) is 18.0 Å². The van der Waals surface area contributed by atoms with E-state index in [1.807, 2.05) is 13.8 Å². The monoisotopic (exact) mass is 218 g/mol. The molecule has 0 aliphatic heterocycles. The molecule has 0 bridgehead atoms. The van der Waals surface area contributed by atoms with Crippen molar-refractivity contribution >= 4 is 5.82 Å². The van der Waals surface area contributed by atoms with E-state index in [0.717, 1.165) is 36.6 Å². The maximum atomic E-state index is 9.19. The van der Waals surface area contributed by atoms with Crippen LogP contribution in [0.2, 0.25) is 0 Å². The van der Waals surface area contributed by atoms with Crippen LogP contribution in [0.4, 0.5) is 5.82 Å². The molecule has 0 N–H and O–H groups in total. The molecule has 0 aliphatic carbocycles. The van der Waals surface area contributed by atoms with E-state index in [-0.39, 0.29) is 0 Å². The maximum Gasteiger partial charge on any atom is 0.169 e. The quantitative estimate of drug-likeness (QED) is 0.777. The zero-order chi connectivity index (χ0) is 12.1. The van der Waals surface area contributed by atoms with Gasteiger partial charge in [-0.25, -0.2) is 0 Å². The average molecular weight is 218 g/mol. The molecule has 0 atom stereocenters. The van der Waals surface area contributed by atoms with E-state index >= 15 is 0 Å². The Bertz CT molecular complexity index is 406. The van der Waals surface area contributed by atoms with Gasteiger partial charge in [0.25, 0.3) is 0 Å². The van der Waals surface area contributed by atoms with Gasteiger partial charge in [-0.1, -0.05) is 6.92 Å². The Morgan fingerprint density at radius 2 is 1.94 bits per heavy atom. The standard InChI is InChI=1S/C12H18N4/c1-5-7-16(6-2)12-11(8-13)9(3)10(4)14-15-12/h5-7H2,1-4H3. The highest BCUT2D eigenvalue weighted by Crippen LogP contribution is 2.21. The molecule has 0 amide bonds. The van der Waals surface area contributed by atoms with Crippen LogP contribution >= 0.6 is 0 Å². The van der Waals surface area contributed by atoms with Crippen LogP contribution in [-0.4, -0.2) is 23.3 Å². The molecule has 1 aromatic heterocycles. The fraction of sp³-hybridized carbons (Fsp3) is 0.583. The van der Waals surface area contributed by atoms with Crippen molar-refractivity contribution in [3.05, 3.63) is 16.8 Å². The fourth-order valence-corrected chi connectivity index (χ4v) is 1.63. The zero-order valence-electron chi connectivity index (χ0n) is 10.4. The van der Waals surface area contributed by atoms with Gasteiger partial charge in [-0.2, -0.15) is 10.4 Å². The van der Waals surface area contributed by atoms with Gasteiger partial charge in [0.15, 0.2) is 5.82 Å². The van der Waals surface area contributed by atoms with E-state index < -0.39 is 0 Å². The normalized spacial score (nSPS) is 9.94. The molecule has 0 aliphatic rings. The first-order valence-electron chi connectivity index (χ1n) is 5.64. The number of nitrogens with zero attached hydrogens (tertiary/aromatic N) is 4. The van der Waals surface area contributed by atoms with Crippen LogP contribution in [0.25, 0.3) is 0 Å². The summed E-state index contributed by atoms with van der Waals surface area (Å²) in [6.45, 7) is 9.73. The first-order chi connectivity index (χ1) is 7.65. The van der Waals surface area contributed by atoms with E-state index in [2.05, 4.69) is 35.0 Å². The lowest BCUT2D eigenvalue weighted by Crippen LogP contribution is -2.26. The zero-order valence-corrected chi connectivity index (χ0v) is 10.4. The van der Waals surface area contributed by atoms with Gasteiger partial charge in [-0.05, 0) is 32.8 Å². The van der Waals surface area contributed by atoms with Crippen LogP contribution in [0.1, 0.15) is 37.1 Å². The Kier molecular flexibility index (Phi) is 4.24. The van der Waals surface area contributed by atoms with E-state index in [4.69, 9.17) is 0 Å². The molecule has 86 valence electrons. The number of hydrogen-bond donors (Lipinski definition) is 0. The largest absolute Gasteiger partial charge is 0.354 e. The first-order valence-corrected chi connectivity index (χ1v) is 5.64. The summed E-state index contributed by atoms with van der Waals surface area (Å²) in [4.78, 5) is 2.10. The molecule has 0 radical (unpaired) electrons. The Morgan fingerprint density at radius 1 is 1.25 bits per heavy atom. The maximum absolute atomic E-state index is 9.19. The van der Waals surface area contributed by atoms with Gasteiger partial charge in [-0.3, -0.25) is 0 Å². The molecule has 1 aromatic rings. The van der Waals surface area contributed by atoms with E-state index in [0.29, 0.717) is 5.56 Å². The molecule has 4 nitrogen and oxygen atoms in total. The summed E-state index contributed by atoms with van der Waals surface area (Å²) >= 11 is 0. The predicted octanol–water partition coefficient (Wildman–Crippen LogP) is 2.20. The Hall–Kier alpha value is -1.63. The van der Waals surface area contributed by atoms with Crippen LogP contribution in [0.5, 0.6) is 0 Å². The molecule has 1 heterocycles. The van der Waals surface area contributed by atoms with Gasteiger partial charge in [0.2, 0.25) is 0 Å². The summed E-state index contributed by atoms with van der Waals surface area (Å²) in [6.07, 6.45) is 1.04. The number of aromatic nitrogens is 2. The highest BCUT2D eigenvalue weighted by atomic mass is 15.3. The molecule has 0 unspecified atom stereocenters. The van der Waals surface area contributed by atoms with Gasteiger partial charge in [-0.15, -0.1) is 5.10 Å². The van der Waals surface area contributed by atoms with Gasteiger partial charge in [0, 0.05) is 13.1 Å². The highest BCUT2D eigenvalue weighted by Gasteiger charge is 2.15. The minimum atomic E-state index is 0.655. The SMILES string of the molecule is CCCN(CC)c1nnc(C)c(C)c1C#N. The summed E-state index contributed by atoms with van der Waals surface area (Å²) < 4.78 is 0. The molecular weight excluding hydrogens is 200 g/mol. The van der Waals surface area contributed by atoms with Gasteiger partial charge in [0.05, 0.1) is 5.69 Å². The first kappa shape index (κ1) is 12.4. The third-order valence-electron chi connectivity index (χ3n) is 2.72. The summed E-state index contributed by atoms with van der Waals surface area (Å²) in [5.74, 6) is 0.718. The molecular formula is C12H18N4. The topological polar surface area (TPSA) is 52.8 Å². The van der Waals surface area contributed by atoms with Crippen molar-refractivity contribution in [2.45, 2.75) is 34.1 Å².